The maximum absolute atomic E-state index is 13.1. The molecule has 116 valence electrons. The topological polar surface area (TPSA) is 50.2 Å². The summed E-state index contributed by atoms with van der Waals surface area (Å²) in [4.78, 5) is 19.4. The van der Waals surface area contributed by atoms with Crippen molar-refractivity contribution in [1.82, 2.24) is 19.8 Å². The highest BCUT2D eigenvalue weighted by atomic mass is 16.2. The molecule has 0 radical (unpaired) electrons. The van der Waals surface area contributed by atoms with Crippen LogP contribution in [0.5, 0.6) is 0 Å². The quantitative estimate of drug-likeness (QED) is 0.920. The van der Waals surface area contributed by atoms with E-state index < -0.39 is 0 Å². The monoisotopic (exact) mass is 298 g/mol. The standard InChI is InChI=1S/C17H22N4O/c1-12-4-5-13(2)14(10-12)17(22)21-9-6-18-11-15(21)16-19-7-8-20(16)3/h4-5,7-8,10,15,18H,6,9,11H2,1-3H3. The molecule has 1 N–H and O–H groups in total. The van der Waals surface area contributed by atoms with Crippen LogP contribution in [-0.2, 0) is 7.05 Å². The second kappa shape index (κ2) is 5.93. The maximum Gasteiger partial charge on any atom is 0.254 e. The Balaban J connectivity index is 1.95. The van der Waals surface area contributed by atoms with Crippen molar-refractivity contribution in [2.45, 2.75) is 19.9 Å². The van der Waals surface area contributed by atoms with Gasteiger partial charge in [0.1, 0.15) is 11.9 Å². The minimum atomic E-state index is -0.0267. The summed E-state index contributed by atoms with van der Waals surface area (Å²) >= 11 is 0. The Morgan fingerprint density at radius 1 is 1.36 bits per heavy atom. The number of rotatable bonds is 2. The third-order valence-electron chi connectivity index (χ3n) is 4.28. The number of piperazine rings is 1. The van der Waals surface area contributed by atoms with Crippen LogP contribution in [0.4, 0.5) is 0 Å². The first kappa shape index (κ1) is 14.8. The molecule has 22 heavy (non-hydrogen) atoms. The molecule has 0 aliphatic carbocycles. The van der Waals surface area contributed by atoms with Crippen molar-refractivity contribution >= 4 is 5.91 Å². The van der Waals surface area contributed by atoms with E-state index >= 15 is 0 Å². The van der Waals surface area contributed by atoms with Gasteiger partial charge in [0.2, 0.25) is 0 Å². The van der Waals surface area contributed by atoms with Crippen molar-refractivity contribution in [3.8, 4) is 0 Å². The van der Waals surface area contributed by atoms with Gasteiger partial charge in [-0.25, -0.2) is 4.98 Å². The Hall–Kier alpha value is -2.14. The Morgan fingerprint density at radius 3 is 2.91 bits per heavy atom. The van der Waals surface area contributed by atoms with Crippen LogP contribution in [0.3, 0.4) is 0 Å². The average molecular weight is 298 g/mol. The van der Waals surface area contributed by atoms with Gasteiger partial charge >= 0.3 is 0 Å². The highest BCUT2D eigenvalue weighted by Gasteiger charge is 2.31. The summed E-state index contributed by atoms with van der Waals surface area (Å²) < 4.78 is 1.99. The Bertz CT molecular complexity index is 692. The van der Waals surface area contributed by atoms with Crippen molar-refractivity contribution in [2.24, 2.45) is 7.05 Å². The fourth-order valence-corrected chi connectivity index (χ4v) is 3.00. The third kappa shape index (κ3) is 2.64. The molecule has 0 bridgehead atoms. The predicted molar refractivity (Wildman–Crippen MR) is 85.8 cm³/mol. The lowest BCUT2D eigenvalue weighted by Crippen LogP contribution is -2.49. The van der Waals surface area contributed by atoms with Crippen molar-refractivity contribution in [3.63, 3.8) is 0 Å². The maximum atomic E-state index is 13.1. The zero-order valence-corrected chi connectivity index (χ0v) is 13.3. The number of nitrogens with zero attached hydrogens (tertiary/aromatic N) is 3. The van der Waals surface area contributed by atoms with Crippen LogP contribution in [0.2, 0.25) is 0 Å². The molecule has 1 fully saturated rings. The summed E-state index contributed by atoms with van der Waals surface area (Å²) in [6.45, 7) is 6.26. The van der Waals surface area contributed by atoms with Gasteiger partial charge in [0, 0.05) is 44.6 Å². The van der Waals surface area contributed by atoms with E-state index in [4.69, 9.17) is 0 Å². The van der Waals surface area contributed by atoms with Gasteiger partial charge < -0.3 is 14.8 Å². The zero-order valence-electron chi connectivity index (χ0n) is 13.3. The van der Waals surface area contributed by atoms with Gasteiger partial charge in [0.25, 0.3) is 5.91 Å². The summed E-state index contributed by atoms with van der Waals surface area (Å²) in [7, 11) is 1.97. The summed E-state index contributed by atoms with van der Waals surface area (Å²) in [5.74, 6) is 1.02. The highest BCUT2D eigenvalue weighted by Crippen LogP contribution is 2.24. The number of carbonyl (C=O) groups is 1. The van der Waals surface area contributed by atoms with Gasteiger partial charge in [-0.15, -0.1) is 0 Å². The van der Waals surface area contributed by atoms with Crippen molar-refractivity contribution in [3.05, 3.63) is 53.1 Å². The molecule has 1 aliphatic rings. The number of nitrogens with one attached hydrogen (secondary N) is 1. The number of carbonyl (C=O) groups excluding carboxylic acids is 1. The molecule has 2 heterocycles. The molecule has 1 aromatic heterocycles. The van der Waals surface area contributed by atoms with E-state index in [9.17, 15) is 4.79 Å². The van der Waals surface area contributed by atoms with Crippen LogP contribution < -0.4 is 5.32 Å². The van der Waals surface area contributed by atoms with Crippen molar-refractivity contribution < 1.29 is 4.79 Å². The Kier molecular flexibility index (Phi) is 3.98. The molecular weight excluding hydrogens is 276 g/mol. The smallest absolute Gasteiger partial charge is 0.254 e. The first-order valence-electron chi connectivity index (χ1n) is 7.64. The van der Waals surface area contributed by atoms with E-state index in [1.54, 1.807) is 6.20 Å². The lowest BCUT2D eigenvalue weighted by molar-refractivity contribution is 0.0620. The van der Waals surface area contributed by atoms with Crippen molar-refractivity contribution in [2.75, 3.05) is 19.6 Å². The first-order chi connectivity index (χ1) is 10.6. The molecular formula is C17H22N4O. The number of amides is 1. The second-order valence-electron chi connectivity index (χ2n) is 5.93. The molecule has 5 heteroatoms. The van der Waals surface area contributed by atoms with Gasteiger partial charge in [-0.05, 0) is 25.5 Å². The largest absolute Gasteiger partial charge is 0.336 e. The fraction of sp³-hybridized carbons (Fsp3) is 0.412. The van der Waals surface area contributed by atoms with Crippen LogP contribution in [0, 0.1) is 13.8 Å². The van der Waals surface area contributed by atoms with Gasteiger partial charge in [-0.2, -0.15) is 0 Å². The number of hydrogen-bond donors (Lipinski definition) is 1. The second-order valence-corrected chi connectivity index (χ2v) is 5.93. The molecule has 3 rings (SSSR count). The third-order valence-corrected chi connectivity index (χ3v) is 4.28. The first-order valence-corrected chi connectivity index (χ1v) is 7.64. The van der Waals surface area contributed by atoms with Gasteiger partial charge in [-0.1, -0.05) is 17.7 Å². The predicted octanol–water partition coefficient (Wildman–Crippen LogP) is 1.82. The van der Waals surface area contributed by atoms with E-state index in [0.29, 0.717) is 6.54 Å². The molecule has 1 aromatic carbocycles. The number of aryl methyl sites for hydroxylation is 3. The zero-order chi connectivity index (χ0) is 15.7. The minimum Gasteiger partial charge on any atom is -0.336 e. The molecule has 2 aromatic rings. The van der Waals surface area contributed by atoms with Gasteiger partial charge in [0.15, 0.2) is 0 Å². The highest BCUT2D eigenvalue weighted by molar-refractivity contribution is 5.96. The number of benzene rings is 1. The SMILES string of the molecule is Cc1ccc(C)c(C(=O)N2CCNCC2c2nccn2C)c1. The van der Waals surface area contributed by atoms with Crippen molar-refractivity contribution in [1.29, 1.82) is 0 Å². The summed E-state index contributed by atoms with van der Waals surface area (Å²) in [6.07, 6.45) is 3.70. The van der Waals surface area contributed by atoms with Crippen LogP contribution in [0.15, 0.2) is 30.6 Å². The normalized spacial score (nSPS) is 18.5. The molecule has 0 spiro atoms. The van der Waals surface area contributed by atoms with E-state index in [0.717, 1.165) is 35.6 Å². The number of hydrogen-bond acceptors (Lipinski definition) is 3. The molecule has 1 unspecified atom stereocenters. The van der Waals surface area contributed by atoms with E-state index in [1.807, 2.05) is 54.8 Å². The van der Waals surface area contributed by atoms with Crippen LogP contribution in [-0.4, -0.2) is 40.0 Å². The van der Waals surface area contributed by atoms with E-state index in [2.05, 4.69) is 10.3 Å². The number of aromatic nitrogens is 2. The molecule has 1 saturated heterocycles. The fourth-order valence-electron chi connectivity index (χ4n) is 3.00. The lowest BCUT2D eigenvalue weighted by Gasteiger charge is -2.36. The summed E-state index contributed by atoms with van der Waals surface area (Å²) in [5, 5.41) is 3.37. The molecule has 1 amide bonds. The molecule has 1 aliphatic heterocycles. The van der Waals surface area contributed by atoms with E-state index in [-0.39, 0.29) is 11.9 Å². The summed E-state index contributed by atoms with van der Waals surface area (Å²) in [5.41, 5.74) is 2.92. The average Bonchev–Trinajstić information content (AvgIpc) is 2.95. The van der Waals surface area contributed by atoms with Crippen LogP contribution >= 0.6 is 0 Å². The molecule has 5 nitrogen and oxygen atoms in total. The minimum absolute atomic E-state index is 0.0267. The number of imidazole rings is 1. The summed E-state index contributed by atoms with van der Waals surface area (Å²) in [6, 6.07) is 6.01. The molecule has 1 atom stereocenters. The van der Waals surface area contributed by atoms with Gasteiger partial charge in [0.05, 0.1) is 0 Å². The van der Waals surface area contributed by atoms with Crippen LogP contribution in [0.25, 0.3) is 0 Å². The van der Waals surface area contributed by atoms with Crippen LogP contribution in [0.1, 0.15) is 33.4 Å². The van der Waals surface area contributed by atoms with Gasteiger partial charge in [-0.3, -0.25) is 4.79 Å². The Morgan fingerprint density at radius 2 is 2.18 bits per heavy atom. The van der Waals surface area contributed by atoms with E-state index in [1.165, 1.54) is 0 Å². The lowest BCUT2D eigenvalue weighted by atomic mass is 10.0. The Labute approximate surface area is 131 Å². The molecule has 0 saturated carbocycles.